The van der Waals surface area contributed by atoms with Crippen molar-refractivity contribution in [2.45, 2.75) is 31.7 Å². The summed E-state index contributed by atoms with van der Waals surface area (Å²) in [6.45, 7) is 1.81. The smallest absolute Gasteiger partial charge is 0.320 e. The molecule has 4 N–H and O–H groups in total. The Morgan fingerprint density at radius 2 is 1.84 bits per heavy atom. The topological polar surface area (TPSA) is 108 Å². The summed E-state index contributed by atoms with van der Waals surface area (Å²) in [5.41, 5.74) is 1.79. The van der Waals surface area contributed by atoms with Gasteiger partial charge in [-0.3, -0.25) is 4.79 Å². The fourth-order valence-electron chi connectivity index (χ4n) is 3.52. The SMILES string of the molecule is Cc1cnc(C2(NC(=O)Nc3cccc(OCC(=O)Nc4ccccc4)c3)CCC2)[nH]1. The largest absolute Gasteiger partial charge is 0.484 e. The molecule has 2 aromatic carbocycles. The molecule has 0 atom stereocenters. The van der Waals surface area contributed by atoms with Crippen LogP contribution in [0.4, 0.5) is 16.2 Å². The number of benzene rings is 2. The third kappa shape index (κ3) is 5.03. The summed E-state index contributed by atoms with van der Waals surface area (Å²) >= 11 is 0. The van der Waals surface area contributed by atoms with Crippen LogP contribution in [0.5, 0.6) is 5.75 Å². The van der Waals surface area contributed by atoms with Crippen LogP contribution in [0.25, 0.3) is 0 Å². The number of hydrogen-bond donors (Lipinski definition) is 4. The molecule has 8 heteroatoms. The number of anilines is 2. The van der Waals surface area contributed by atoms with Gasteiger partial charge in [-0.1, -0.05) is 24.3 Å². The molecule has 8 nitrogen and oxygen atoms in total. The number of H-pyrrole nitrogens is 1. The number of imidazole rings is 1. The molecule has 0 aliphatic heterocycles. The van der Waals surface area contributed by atoms with E-state index in [1.165, 1.54) is 0 Å². The molecule has 0 saturated heterocycles. The van der Waals surface area contributed by atoms with E-state index in [4.69, 9.17) is 4.74 Å². The maximum Gasteiger partial charge on any atom is 0.320 e. The fourth-order valence-corrected chi connectivity index (χ4v) is 3.52. The van der Waals surface area contributed by atoms with Crippen LogP contribution in [-0.2, 0) is 10.3 Å². The minimum Gasteiger partial charge on any atom is -0.484 e. The van der Waals surface area contributed by atoms with Gasteiger partial charge >= 0.3 is 6.03 Å². The monoisotopic (exact) mass is 419 g/mol. The predicted molar refractivity (Wildman–Crippen MR) is 118 cm³/mol. The van der Waals surface area contributed by atoms with E-state index in [1.54, 1.807) is 42.6 Å². The second-order valence-electron chi connectivity index (χ2n) is 7.66. The van der Waals surface area contributed by atoms with Gasteiger partial charge in [-0.15, -0.1) is 0 Å². The van der Waals surface area contributed by atoms with Crippen LogP contribution in [0.15, 0.2) is 60.8 Å². The van der Waals surface area contributed by atoms with Gasteiger partial charge < -0.3 is 25.7 Å². The van der Waals surface area contributed by atoms with Gasteiger partial charge in [0.05, 0.1) is 5.54 Å². The lowest BCUT2D eigenvalue weighted by Crippen LogP contribution is -2.52. The summed E-state index contributed by atoms with van der Waals surface area (Å²) in [5.74, 6) is 1.01. The number of rotatable bonds is 7. The highest BCUT2D eigenvalue weighted by atomic mass is 16.5. The highest BCUT2D eigenvalue weighted by Crippen LogP contribution is 2.39. The zero-order valence-electron chi connectivity index (χ0n) is 17.3. The fraction of sp³-hybridized carbons (Fsp3) is 0.261. The lowest BCUT2D eigenvalue weighted by atomic mass is 9.76. The number of amides is 3. The third-order valence-electron chi connectivity index (χ3n) is 5.24. The average molecular weight is 419 g/mol. The first-order valence-electron chi connectivity index (χ1n) is 10.2. The lowest BCUT2D eigenvalue weighted by molar-refractivity contribution is -0.118. The van der Waals surface area contributed by atoms with Gasteiger partial charge in [0.1, 0.15) is 11.6 Å². The quantitative estimate of drug-likeness (QED) is 0.465. The van der Waals surface area contributed by atoms with Crippen molar-refractivity contribution in [3.8, 4) is 5.75 Å². The van der Waals surface area contributed by atoms with Crippen molar-refractivity contribution in [1.82, 2.24) is 15.3 Å². The molecular weight excluding hydrogens is 394 g/mol. The van der Waals surface area contributed by atoms with E-state index in [9.17, 15) is 9.59 Å². The Morgan fingerprint density at radius 1 is 1.06 bits per heavy atom. The highest BCUT2D eigenvalue weighted by molar-refractivity contribution is 5.92. The Bertz CT molecular complexity index is 1060. The lowest BCUT2D eigenvalue weighted by Gasteiger charge is -2.40. The first-order valence-corrected chi connectivity index (χ1v) is 10.2. The zero-order valence-corrected chi connectivity index (χ0v) is 17.3. The van der Waals surface area contributed by atoms with Gasteiger partial charge in [-0.25, -0.2) is 9.78 Å². The van der Waals surface area contributed by atoms with Gasteiger partial charge in [0.15, 0.2) is 6.61 Å². The van der Waals surface area contributed by atoms with Crippen LogP contribution in [0.1, 0.15) is 30.8 Å². The number of para-hydroxylation sites is 1. The van der Waals surface area contributed by atoms with E-state index in [1.807, 2.05) is 25.1 Å². The summed E-state index contributed by atoms with van der Waals surface area (Å²) < 4.78 is 5.57. The van der Waals surface area contributed by atoms with Crippen molar-refractivity contribution >= 4 is 23.3 Å². The molecule has 1 aliphatic rings. The second kappa shape index (κ2) is 8.91. The van der Waals surface area contributed by atoms with E-state index in [-0.39, 0.29) is 18.5 Å². The zero-order chi connectivity index (χ0) is 21.7. The number of hydrogen-bond acceptors (Lipinski definition) is 4. The van der Waals surface area contributed by atoms with Crippen LogP contribution in [0, 0.1) is 6.92 Å². The number of ether oxygens (including phenoxy) is 1. The number of aryl methyl sites for hydroxylation is 1. The maximum absolute atomic E-state index is 12.6. The molecule has 0 bridgehead atoms. The van der Waals surface area contributed by atoms with Crippen molar-refractivity contribution in [3.05, 3.63) is 72.3 Å². The van der Waals surface area contributed by atoms with Crippen LogP contribution in [0.3, 0.4) is 0 Å². The molecule has 3 aromatic rings. The van der Waals surface area contributed by atoms with Gasteiger partial charge in [-0.2, -0.15) is 0 Å². The number of nitrogens with zero attached hydrogens (tertiary/aromatic N) is 1. The Kier molecular flexibility index (Phi) is 5.88. The molecular formula is C23H25N5O3. The molecule has 1 aliphatic carbocycles. The minimum absolute atomic E-state index is 0.133. The Labute approximate surface area is 180 Å². The first-order chi connectivity index (χ1) is 15.0. The van der Waals surface area contributed by atoms with Gasteiger partial charge in [-0.05, 0) is 50.5 Å². The van der Waals surface area contributed by atoms with Crippen LogP contribution in [-0.4, -0.2) is 28.5 Å². The number of urea groups is 1. The predicted octanol–water partition coefficient (Wildman–Crippen LogP) is 3.94. The minimum atomic E-state index is -0.456. The second-order valence-corrected chi connectivity index (χ2v) is 7.66. The molecule has 1 saturated carbocycles. The molecule has 0 radical (unpaired) electrons. The third-order valence-corrected chi connectivity index (χ3v) is 5.24. The van der Waals surface area contributed by atoms with Gasteiger partial charge in [0.2, 0.25) is 0 Å². The van der Waals surface area contributed by atoms with Crippen LogP contribution < -0.4 is 20.7 Å². The van der Waals surface area contributed by atoms with Gasteiger partial charge in [0.25, 0.3) is 5.91 Å². The Morgan fingerprint density at radius 3 is 2.52 bits per heavy atom. The van der Waals surface area contributed by atoms with E-state index in [0.717, 1.165) is 30.8 Å². The van der Waals surface area contributed by atoms with Crippen LogP contribution in [0.2, 0.25) is 0 Å². The van der Waals surface area contributed by atoms with E-state index < -0.39 is 5.54 Å². The summed E-state index contributed by atoms with van der Waals surface area (Å²) in [7, 11) is 0. The number of nitrogens with one attached hydrogen (secondary N) is 4. The average Bonchev–Trinajstić information content (AvgIpc) is 3.17. The molecule has 1 aromatic heterocycles. The Hall–Kier alpha value is -3.81. The molecule has 31 heavy (non-hydrogen) atoms. The number of carbonyl (C=O) groups excluding carboxylic acids is 2. The number of carbonyl (C=O) groups is 2. The molecule has 1 fully saturated rings. The summed E-state index contributed by atoms with van der Waals surface area (Å²) in [5, 5.41) is 8.66. The standard InChI is InChI=1S/C23H25N5O3/c1-16-14-24-21(25-16)23(11-6-12-23)28-22(30)27-18-9-5-10-19(13-18)31-15-20(29)26-17-7-3-2-4-8-17/h2-5,7-10,13-14H,6,11-12,15H2,1H3,(H,24,25)(H,26,29)(H2,27,28,30). The number of aromatic amines is 1. The summed E-state index contributed by atoms with van der Waals surface area (Å²) in [4.78, 5) is 32.3. The van der Waals surface area contributed by atoms with Crippen molar-refractivity contribution in [1.29, 1.82) is 0 Å². The van der Waals surface area contributed by atoms with Crippen LogP contribution >= 0.6 is 0 Å². The van der Waals surface area contributed by atoms with E-state index in [0.29, 0.717) is 17.1 Å². The van der Waals surface area contributed by atoms with Crippen molar-refractivity contribution in [3.63, 3.8) is 0 Å². The highest BCUT2D eigenvalue weighted by Gasteiger charge is 2.42. The molecule has 3 amide bonds. The maximum atomic E-state index is 12.6. The summed E-state index contributed by atoms with van der Waals surface area (Å²) in [6.07, 6.45) is 4.48. The number of aromatic nitrogens is 2. The molecule has 4 rings (SSSR count). The van der Waals surface area contributed by atoms with E-state index in [2.05, 4.69) is 25.9 Å². The van der Waals surface area contributed by atoms with Crippen molar-refractivity contribution in [2.24, 2.45) is 0 Å². The normalized spacial score (nSPS) is 14.2. The Balaban J connectivity index is 1.32. The van der Waals surface area contributed by atoms with E-state index >= 15 is 0 Å². The molecule has 0 spiro atoms. The van der Waals surface area contributed by atoms with Crippen molar-refractivity contribution < 1.29 is 14.3 Å². The molecule has 160 valence electrons. The summed E-state index contributed by atoms with van der Waals surface area (Å²) in [6, 6.07) is 15.8. The molecule has 0 unspecified atom stereocenters. The first kappa shape index (κ1) is 20.5. The molecule has 1 heterocycles. The van der Waals surface area contributed by atoms with Crippen molar-refractivity contribution in [2.75, 3.05) is 17.2 Å². The van der Waals surface area contributed by atoms with Gasteiger partial charge in [0, 0.05) is 29.3 Å².